The third-order valence-corrected chi connectivity index (χ3v) is 61.7. The van der Waals surface area contributed by atoms with Gasteiger partial charge in [0.15, 0.2) is 33.3 Å². The lowest BCUT2D eigenvalue weighted by Crippen LogP contribution is -2.44. The molecule has 0 saturated heterocycles. The molecule has 0 fully saturated rings. The van der Waals surface area contributed by atoms with Gasteiger partial charge in [-0.2, -0.15) is 0 Å². The second-order valence-electron chi connectivity index (χ2n) is 37.0. The molecule has 0 amide bonds. The van der Waals surface area contributed by atoms with Crippen LogP contribution in [0.3, 0.4) is 0 Å². The molecule has 0 bridgehead atoms. The molecule has 0 saturated carbocycles. The minimum atomic E-state index is -1.89. The Morgan fingerprint density at radius 2 is 0.393 bits per heavy atom. The van der Waals surface area contributed by atoms with Crippen molar-refractivity contribution >= 4 is 94.4 Å². The molecule has 4 unspecified atom stereocenters. The fourth-order valence-corrected chi connectivity index (χ4v) is 34.3. The number of hydrogen-bond donors (Lipinski definition) is 0. The van der Waals surface area contributed by atoms with Crippen LogP contribution < -0.4 is 20.7 Å². The van der Waals surface area contributed by atoms with Gasteiger partial charge >= 0.3 is 0 Å². The largest absolute Gasteiger partial charge is 0.410 e. The molecule has 504 valence electrons. The van der Waals surface area contributed by atoms with Crippen LogP contribution in [0.5, 0.6) is 0 Å². The zero-order chi connectivity index (χ0) is 68.1. The summed E-state index contributed by atoms with van der Waals surface area (Å²) in [6.07, 6.45) is 5.89. The van der Waals surface area contributed by atoms with Crippen molar-refractivity contribution in [3.8, 4) is 0 Å². The van der Waals surface area contributed by atoms with Gasteiger partial charge in [0.2, 0.25) is 0 Å². The topological polar surface area (TPSA) is 36.9 Å². The summed E-state index contributed by atoms with van der Waals surface area (Å²) in [4.78, 5) is 0. The van der Waals surface area contributed by atoms with Crippen LogP contribution in [0.25, 0.3) is 0 Å². The summed E-state index contributed by atoms with van der Waals surface area (Å²) in [5.74, 6) is 0. The lowest BCUT2D eigenvalue weighted by molar-refractivity contribution is 0.203. The molecule has 4 atom stereocenters. The molecule has 0 aliphatic heterocycles. The van der Waals surface area contributed by atoms with Crippen molar-refractivity contribution < 1.29 is 17.7 Å². The number of benzene rings is 4. The first-order chi connectivity index (χ1) is 40.2. The molecule has 4 rings (SSSR count). The van der Waals surface area contributed by atoms with Crippen LogP contribution in [0.1, 0.15) is 183 Å². The summed E-state index contributed by atoms with van der Waals surface area (Å²) in [7, 11) is -16.4. The summed E-state index contributed by atoms with van der Waals surface area (Å²) < 4.78 is 27.7. The van der Waals surface area contributed by atoms with Crippen molar-refractivity contribution in [2.24, 2.45) is 0 Å². The van der Waals surface area contributed by atoms with Gasteiger partial charge in [-0.25, -0.2) is 0 Å². The SMILES string of the molecule is CC(O[Si](C)(C)C(C)(C)C)c1ccc([Si](C)(C)CCC[Si](CCC[Si](C)(C)c2ccc(C(C)O[Si](C)(C)C(C)(C)C)cc2)(CCC[Si](C)(C)c2ccc(C(C)O[Si](C)(C)C(C)(C)C)cc2)CCC[Si](C)(C)c2ccc(C(C)O[Si](C)(C)C(C)(C)C)cc2)cc1. The van der Waals surface area contributed by atoms with E-state index < -0.39 is 73.6 Å². The predicted molar refractivity (Wildman–Crippen MR) is 424 cm³/mol. The Hall–Kier alpha value is -1.33. The fourth-order valence-electron chi connectivity index (χ4n) is 12.5. The Bertz CT molecular complexity index is 2400. The quantitative estimate of drug-likeness (QED) is 0.0457. The molecule has 4 nitrogen and oxygen atoms in total. The van der Waals surface area contributed by atoms with Crippen LogP contribution >= 0.6 is 0 Å². The van der Waals surface area contributed by atoms with Crippen LogP contribution in [-0.2, 0) is 17.7 Å². The predicted octanol–water partition coefficient (Wildman–Crippen LogP) is 23.8. The summed E-state index contributed by atoms with van der Waals surface area (Å²) in [5.41, 5.74) is 5.29. The third-order valence-electron chi connectivity index (χ3n) is 23.8. The van der Waals surface area contributed by atoms with Crippen LogP contribution in [0.2, 0.25) is 173 Å². The smallest absolute Gasteiger partial charge is 0.192 e. The van der Waals surface area contributed by atoms with Crippen molar-refractivity contribution in [2.45, 2.75) is 334 Å². The van der Waals surface area contributed by atoms with Crippen molar-refractivity contribution in [1.82, 2.24) is 0 Å². The molecule has 4 aromatic carbocycles. The minimum Gasteiger partial charge on any atom is -0.410 e. The second kappa shape index (κ2) is 30.4. The standard InChI is InChI=1S/C76H140O4Si9/c1-61(77-85(25,26)73(5,6)7)65-37-45-69(46-38-65)81(17,18)53-33-57-89(58-34-54-82(19,20)70-47-39-66(40-48-70)62(2)78-86(27,28)74(8,9)10,59-35-55-83(21,22)71-49-41-67(42-50-71)63(3)79-87(29,30)75(11,12)13)60-36-56-84(23,24)72-51-43-68(44-52-72)64(4)80-88(31,32)76(14,15)16/h37-52,61-64H,33-36,53-60H2,1-32H3. The van der Waals surface area contributed by atoms with Crippen molar-refractivity contribution in [1.29, 1.82) is 0 Å². The fraction of sp³-hybridized carbons (Fsp3) is 0.684. The minimum absolute atomic E-state index is 0.107. The van der Waals surface area contributed by atoms with E-state index in [-0.39, 0.29) is 44.6 Å². The molecule has 0 aromatic heterocycles. The van der Waals surface area contributed by atoms with Gasteiger partial charge < -0.3 is 17.7 Å². The Kier molecular flexibility index (Phi) is 27.4. The van der Waals surface area contributed by atoms with E-state index in [0.717, 1.165) is 0 Å². The monoisotopic (exact) mass is 1370 g/mol. The van der Waals surface area contributed by atoms with Crippen LogP contribution in [0.4, 0.5) is 0 Å². The average Bonchev–Trinajstić information content (AvgIpc) is 1.50. The molecule has 0 aliphatic rings. The van der Waals surface area contributed by atoms with Gasteiger partial charge in [0.1, 0.15) is 0 Å². The Labute approximate surface area is 561 Å². The van der Waals surface area contributed by atoms with Crippen LogP contribution in [0.15, 0.2) is 97.1 Å². The third kappa shape index (κ3) is 22.4. The molecule has 0 spiro atoms. The Morgan fingerprint density at radius 3 is 0.528 bits per heavy atom. The first-order valence-electron chi connectivity index (χ1n) is 35.3. The van der Waals surface area contributed by atoms with E-state index >= 15 is 0 Å². The van der Waals surface area contributed by atoms with Gasteiger partial charge in [0.25, 0.3) is 0 Å². The Balaban J connectivity index is 1.71. The van der Waals surface area contributed by atoms with Crippen LogP contribution in [-0.4, -0.2) is 73.6 Å². The first-order valence-corrected chi connectivity index (χ1v) is 62.6. The van der Waals surface area contributed by atoms with Crippen molar-refractivity contribution in [2.75, 3.05) is 0 Å². The molecule has 0 radical (unpaired) electrons. The average molecular weight is 1370 g/mol. The maximum absolute atomic E-state index is 6.91. The molecule has 13 heteroatoms. The number of hydrogen-bond acceptors (Lipinski definition) is 4. The highest BCUT2D eigenvalue weighted by Gasteiger charge is 2.43. The van der Waals surface area contributed by atoms with Gasteiger partial charge in [-0.15, -0.1) is 0 Å². The lowest BCUT2D eigenvalue weighted by Gasteiger charge is -2.38. The maximum atomic E-state index is 6.91. The lowest BCUT2D eigenvalue weighted by atomic mass is 10.1. The first kappa shape index (κ1) is 80.1. The maximum Gasteiger partial charge on any atom is 0.192 e. The molecule has 89 heavy (non-hydrogen) atoms. The summed E-state index contributed by atoms with van der Waals surface area (Å²) in [6, 6.07) is 50.6. The van der Waals surface area contributed by atoms with Gasteiger partial charge in [-0.1, -0.05) is 327 Å². The van der Waals surface area contributed by atoms with E-state index in [9.17, 15) is 0 Å². The highest BCUT2D eigenvalue weighted by Crippen LogP contribution is 2.44. The molecular weight excluding hydrogens is 1230 g/mol. The van der Waals surface area contributed by atoms with Gasteiger partial charge in [0.05, 0.1) is 64.8 Å². The van der Waals surface area contributed by atoms with E-state index in [0.29, 0.717) is 0 Å². The summed E-state index contributed by atoms with van der Waals surface area (Å²) >= 11 is 0. The zero-order valence-corrected chi connectivity index (χ0v) is 73.2. The highest BCUT2D eigenvalue weighted by atomic mass is 28.4. The van der Waals surface area contributed by atoms with E-state index in [1.807, 2.05) is 0 Å². The van der Waals surface area contributed by atoms with E-state index in [1.54, 1.807) is 20.7 Å². The zero-order valence-electron chi connectivity index (χ0n) is 64.2. The molecule has 4 aromatic rings. The van der Waals surface area contributed by atoms with Gasteiger partial charge in [-0.05, 0) is 122 Å². The number of rotatable bonds is 32. The summed E-state index contributed by atoms with van der Waals surface area (Å²) in [5, 5.41) is 7.17. The summed E-state index contributed by atoms with van der Waals surface area (Å²) in [6.45, 7) is 77.7. The van der Waals surface area contributed by atoms with E-state index in [4.69, 9.17) is 17.7 Å². The van der Waals surface area contributed by atoms with Gasteiger partial charge in [0, 0.05) is 0 Å². The highest BCUT2D eigenvalue weighted by molar-refractivity contribution is 6.92. The van der Waals surface area contributed by atoms with Gasteiger partial charge in [-0.3, -0.25) is 0 Å². The Morgan fingerprint density at radius 1 is 0.247 bits per heavy atom. The normalized spacial score (nSPS) is 16.3. The second-order valence-corrected chi connectivity index (χ2v) is 80.4. The molecular formula is C76H140O4Si9. The molecule has 0 heterocycles. The molecule has 0 aliphatic carbocycles. The van der Waals surface area contributed by atoms with E-state index in [1.165, 1.54) is 96.3 Å². The van der Waals surface area contributed by atoms with Crippen molar-refractivity contribution in [3.05, 3.63) is 119 Å². The van der Waals surface area contributed by atoms with E-state index in [2.05, 4.69) is 313 Å². The molecule has 0 N–H and O–H groups in total. The van der Waals surface area contributed by atoms with Crippen molar-refractivity contribution in [3.63, 3.8) is 0 Å². The van der Waals surface area contributed by atoms with Crippen LogP contribution in [0, 0.1) is 0 Å².